The minimum atomic E-state index is -0.565. The van der Waals surface area contributed by atoms with E-state index in [1.165, 1.54) is 12.1 Å². The van der Waals surface area contributed by atoms with Gasteiger partial charge >= 0.3 is 0 Å². The minimum Gasteiger partial charge on any atom is -0.381 e. The van der Waals surface area contributed by atoms with Gasteiger partial charge in [0.05, 0.1) is 13.2 Å². The molecule has 1 aromatic carbocycles. The van der Waals surface area contributed by atoms with Crippen molar-refractivity contribution in [2.24, 2.45) is 10.9 Å². The molecule has 0 aromatic heterocycles. The molecule has 1 aliphatic heterocycles. The number of ether oxygens (including phenoxy) is 2. The average molecular weight is 511 g/mol. The van der Waals surface area contributed by atoms with Crippen molar-refractivity contribution >= 4 is 29.9 Å². The van der Waals surface area contributed by atoms with E-state index in [2.05, 4.69) is 15.6 Å². The number of hydrogen-bond donors (Lipinski definition) is 2. The zero-order chi connectivity index (χ0) is 19.5. The summed E-state index contributed by atoms with van der Waals surface area (Å²) in [5.74, 6) is -0.00984. The molecular formula is C20H32F2IN3O2. The van der Waals surface area contributed by atoms with Crippen LogP contribution in [0.2, 0.25) is 0 Å². The molecule has 2 rings (SSSR count). The van der Waals surface area contributed by atoms with Gasteiger partial charge in [0.15, 0.2) is 5.96 Å². The summed E-state index contributed by atoms with van der Waals surface area (Å²) < 4.78 is 37.9. The molecule has 1 heterocycles. The second-order valence-electron chi connectivity index (χ2n) is 6.87. The first kappa shape index (κ1) is 25.0. The molecule has 2 unspecified atom stereocenters. The van der Waals surface area contributed by atoms with Crippen LogP contribution in [0.4, 0.5) is 8.78 Å². The van der Waals surface area contributed by atoms with Crippen molar-refractivity contribution in [1.29, 1.82) is 0 Å². The molecule has 5 nitrogen and oxygen atoms in total. The maximum absolute atomic E-state index is 13.9. The highest BCUT2D eigenvalue weighted by molar-refractivity contribution is 14.0. The number of nitrogens with zero attached hydrogens (tertiary/aromatic N) is 1. The standard InChI is InChI=1S/C20H31F2N3O2.HI/c1-3-23-20(24-8-4-9-26-13-16-7-10-27-14-16)25-12-15(2)18-6-5-17(21)11-19(18)22;/h5-6,11,15-16H,3-4,7-10,12-14H2,1-2H3,(H2,23,24,25);1H. The highest BCUT2D eigenvalue weighted by Crippen LogP contribution is 2.20. The molecule has 0 aliphatic carbocycles. The lowest BCUT2D eigenvalue weighted by molar-refractivity contribution is 0.0888. The van der Waals surface area contributed by atoms with Crippen LogP contribution in [0.25, 0.3) is 0 Å². The largest absolute Gasteiger partial charge is 0.381 e. The van der Waals surface area contributed by atoms with Gasteiger partial charge in [-0.3, -0.25) is 4.99 Å². The van der Waals surface area contributed by atoms with Crippen LogP contribution in [0.3, 0.4) is 0 Å². The minimum absolute atomic E-state index is 0. The molecule has 0 saturated carbocycles. The van der Waals surface area contributed by atoms with Crippen molar-refractivity contribution in [3.8, 4) is 0 Å². The molecule has 0 spiro atoms. The third-order valence-corrected chi connectivity index (χ3v) is 4.50. The van der Waals surface area contributed by atoms with Crippen LogP contribution in [0.5, 0.6) is 0 Å². The number of aliphatic imine (C=N–C) groups is 1. The Balaban J connectivity index is 0.00000392. The maximum Gasteiger partial charge on any atom is 0.191 e. The molecule has 2 N–H and O–H groups in total. The van der Waals surface area contributed by atoms with Crippen molar-refractivity contribution in [2.75, 3.05) is 46.1 Å². The van der Waals surface area contributed by atoms with Crippen LogP contribution < -0.4 is 10.6 Å². The van der Waals surface area contributed by atoms with Crippen molar-refractivity contribution in [1.82, 2.24) is 10.6 Å². The summed E-state index contributed by atoms with van der Waals surface area (Å²) in [6.45, 7) is 8.87. The van der Waals surface area contributed by atoms with Crippen LogP contribution in [0.15, 0.2) is 23.2 Å². The smallest absolute Gasteiger partial charge is 0.191 e. The summed E-state index contributed by atoms with van der Waals surface area (Å²) in [6.07, 6.45) is 1.96. The highest BCUT2D eigenvalue weighted by atomic mass is 127. The third-order valence-electron chi connectivity index (χ3n) is 4.50. The van der Waals surface area contributed by atoms with Crippen LogP contribution in [0.1, 0.15) is 38.2 Å². The fourth-order valence-corrected chi connectivity index (χ4v) is 2.92. The number of guanidine groups is 1. The fraction of sp³-hybridized carbons (Fsp3) is 0.650. The molecule has 1 aromatic rings. The Hall–Kier alpha value is -1.00. The van der Waals surface area contributed by atoms with Crippen molar-refractivity contribution in [3.05, 3.63) is 35.4 Å². The molecule has 0 amide bonds. The van der Waals surface area contributed by atoms with Crippen LogP contribution >= 0.6 is 24.0 Å². The summed E-state index contributed by atoms with van der Waals surface area (Å²) in [6, 6.07) is 3.68. The van der Waals surface area contributed by atoms with E-state index in [9.17, 15) is 8.78 Å². The lowest BCUT2D eigenvalue weighted by atomic mass is 10.0. The molecular weight excluding hydrogens is 479 g/mol. The molecule has 160 valence electrons. The molecule has 1 aliphatic rings. The lowest BCUT2D eigenvalue weighted by Crippen LogP contribution is -2.38. The van der Waals surface area contributed by atoms with Gasteiger partial charge in [-0.2, -0.15) is 0 Å². The van der Waals surface area contributed by atoms with Crippen molar-refractivity contribution < 1.29 is 18.3 Å². The zero-order valence-electron chi connectivity index (χ0n) is 16.7. The number of halogens is 3. The Kier molecular flexibility index (Phi) is 12.6. The van der Waals surface area contributed by atoms with E-state index in [4.69, 9.17) is 9.47 Å². The van der Waals surface area contributed by atoms with Gasteiger partial charge in [-0.1, -0.05) is 13.0 Å². The summed E-state index contributed by atoms with van der Waals surface area (Å²) in [4.78, 5) is 4.51. The van der Waals surface area contributed by atoms with Crippen molar-refractivity contribution in [3.63, 3.8) is 0 Å². The molecule has 2 atom stereocenters. The first-order valence-corrected chi connectivity index (χ1v) is 9.72. The van der Waals surface area contributed by atoms with Gasteiger partial charge in [-0.25, -0.2) is 8.78 Å². The van der Waals surface area contributed by atoms with E-state index in [-0.39, 0.29) is 29.9 Å². The average Bonchev–Trinajstić information content (AvgIpc) is 3.15. The topological polar surface area (TPSA) is 54.9 Å². The SMILES string of the molecule is CCNC(=NCC(C)c1ccc(F)cc1F)NCCCOCC1CCOC1.I. The van der Waals surface area contributed by atoms with E-state index in [0.29, 0.717) is 30.6 Å². The lowest BCUT2D eigenvalue weighted by Gasteiger charge is -2.14. The van der Waals surface area contributed by atoms with Crippen LogP contribution in [-0.4, -0.2) is 52.0 Å². The van der Waals surface area contributed by atoms with Crippen LogP contribution in [0, 0.1) is 17.6 Å². The molecule has 0 radical (unpaired) electrons. The Morgan fingerprint density at radius 1 is 1.36 bits per heavy atom. The van der Waals surface area contributed by atoms with E-state index < -0.39 is 11.6 Å². The number of benzene rings is 1. The van der Waals surface area contributed by atoms with E-state index in [0.717, 1.165) is 51.8 Å². The molecule has 28 heavy (non-hydrogen) atoms. The van der Waals surface area contributed by atoms with Gasteiger partial charge in [0, 0.05) is 50.8 Å². The highest BCUT2D eigenvalue weighted by Gasteiger charge is 2.15. The molecule has 1 fully saturated rings. The fourth-order valence-electron chi connectivity index (χ4n) is 2.92. The summed E-state index contributed by atoms with van der Waals surface area (Å²) in [7, 11) is 0. The van der Waals surface area contributed by atoms with E-state index >= 15 is 0 Å². The second-order valence-corrected chi connectivity index (χ2v) is 6.87. The Bertz CT molecular complexity index is 599. The number of hydrogen-bond acceptors (Lipinski definition) is 3. The van der Waals surface area contributed by atoms with Crippen molar-refractivity contribution in [2.45, 2.75) is 32.6 Å². The number of rotatable bonds is 10. The predicted molar refractivity (Wildman–Crippen MR) is 119 cm³/mol. The zero-order valence-corrected chi connectivity index (χ0v) is 19.0. The third kappa shape index (κ3) is 9.00. The van der Waals surface area contributed by atoms with Crippen LogP contribution in [-0.2, 0) is 9.47 Å². The van der Waals surface area contributed by atoms with Gasteiger partial charge in [-0.05, 0) is 31.4 Å². The second kappa shape index (κ2) is 14.1. The molecule has 8 heteroatoms. The first-order chi connectivity index (χ1) is 13.1. The maximum atomic E-state index is 13.9. The van der Waals surface area contributed by atoms with Gasteiger partial charge in [-0.15, -0.1) is 24.0 Å². The monoisotopic (exact) mass is 511 g/mol. The van der Waals surface area contributed by atoms with Gasteiger partial charge in [0.25, 0.3) is 0 Å². The number of nitrogens with one attached hydrogen (secondary N) is 2. The Morgan fingerprint density at radius 3 is 2.86 bits per heavy atom. The summed E-state index contributed by atoms with van der Waals surface area (Å²) >= 11 is 0. The van der Waals surface area contributed by atoms with Gasteiger partial charge in [0.1, 0.15) is 11.6 Å². The summed E-state index contributed by atoms with van der Waals surface area (Å²) in [5, 5.41) is 6.44. The van der Waals surface area contributed by atoms with E-state index in [1.54, 1.807) is 0 Å². The predicted octanol–water partition coefficient (Wildman–Crippen LogP) is 3.68. The Labute approximate surface area is 183 Å². The van der Waals surface area contributed by atoms with Gasteiger partial charge < -0.3 is 20.1 Å². The van der Waals surface area contributed by atoms with E-state index in [1.807, 2.05) is 13.8 Å². The molecule has 0 bridgehead atoms. The quantitative estimate of drug-likeness (QED) is 0.218. The normalized spacial score (nSPS) is 17.9. The molecule has 1 saturated heterocycles. The summed E-state index contributed by atoms with van der Waals surface area (Å²) in [5.41, 5.74) is 0.472. The first-order valence-electron chi connectivity index (χ1n) is 9.72. The van der Waals surface area contributed by atoms with Gasteiger partial charge in [0.2, 0.25) is 0 Å². The Morgan fingerprint density at radius 2 is 2.18 bits per heavy atom.